The zero-order chi connectivity index (χ0) is 7.44. The topological polar surface area (TPSA) is 83.8 Å². The molecule has 0 amide bonds. The number of carbonyl (C=O) groups is 2. The van der Waals surface area contributed by atoms with Crippen molar-refractivity contribution in [3.05, 3.63) is 0 Å². The second-order valence-electron chi connectivity index (χ2n) is 1.29. The first-order chi connectivity index (χ1) is 4.09. The van der Waals surface area contributed by atoms with Crippen molar-refractivity contribution in [1.29, 1.82) is 0 Å². The highest BCUT2D eigenvalue weighted by atomic mass is 28.3. The lowest BCUT2D eigenvalue weighted by Crippen LogP contribution is -2.35. The summed E-state index contributed by atoms with van der Waals surface area (Å²) in [4.78, 5) is 19.9. The molecule has 0 saturated heterocycles. The second-order valence-corrected chi connectivity index (χ2v) is 4.93. The van der Waals surface area contributed by atoms with E-state index >= 15 is 0 Å². The third-order valence-electron chi connectivity index (χ3n) is 0.684. The monoisotopic (exact) mass is 166 g/mol. The largest absolute Gasteiger partial charge is 0.483 e. The third kappa shape index (κ3) is 2.39. The Morgan fingerprint density at radius 1 is 1.33 bits per heavy atom. The van der Waals surface area contributed by atoms with Gasteiger partial charge in [-0.15, -0.1) is 0 Å². The van der Waals surface area contributed by atoms with Gasteiger partial charge in [-0.25, -0.2) is 0 Å². The molecule has 0 saturated carbocycles. The van der Waals surface area contributed by atoms with E-state index in [2.05, 4.69) is 4.12 Å². The van der Waals surface area contributed by atoms with Crippen molar-refractivity contribution >= 4 is 30.7 Å². The zero-order valence-corrected chi connectivity index (χ0v) is 7.85. The molecule has 5 nitrogen and oxygen atoms in total. The van der Waals surface area contributed by atoms with Crippen LogP contribution in [0.5, 0.6) is 0 Å². The van der Waals surface area contributed by atoms with Gasteiger partial charge in [0.15, 0.2) is 0 Å². The molecule has 0 heterocycles. The Labute approximate surface area is 55.5 Å². The number of hydrogen-bond donors (Lipinski definition) is 2. The predicted molar refractivity (Wildman–Crippen MR) is 34.2 cm³/mol. The molecular weight excluding hydrogens is 160 g/mol. The molecule has 0 aliphatic heterocycles. The van der Waals surface area contributed by atoms with Gasteiger partial charge in [-0.2, -0.15) is 0 Å². The summed E-state index contributed by atoms with van der Waals surface area (Å²) >= 11 is 0. The molecule has 2 N–H and O–H groups in total. The Hall–Kier alpha value is -0.666. The summed E-state index contributed by atoms with van der Waals surface area (Å²) in [6.45, 7) is 0. The maximum Gasteiger partial charge on any atom is 0.415 e. The van der Waals surface area contributed by atoms with Gasteiger partial charge in [0.05, 0.1) is 0 Å². The predicted octanol–water partition coefficient (Wildman–Crippen LogP) is -1.47. The van der Waals surface area contributed by atoms with E-state index in [0.717, 1.165) is 0 Å². The fourth-order valence-electron chi connectivity index (χ4n) is 0.307. The van der Waals surface area contributed by atoms with Crippen LogP contribution in [0.4, 0.5) is 9.59 Å². The van der Waals surface area contributed by atoms with E-state index in [4.69, 9.17) is 10.2 Å². The summed E-state index contributed by atoms with van der Waals surface area (Å²) in [5, 5.41) is 16.2. The molecule has 0 unspecified atom stereocenters. The first-order valence-electron chi connectivity index (χ1n) is 2.08. The van der Waals surface area contributed by atoms with E-state index in [9.17, 15) is 9.59 Å². The second kappa shape index (κ2) is 3.38. The average molecular weight is 166 g/mol. The molecule has 0 aliphatic rings. The molecule has 0 aromatic rings. The molecule has 9 heavy (non-hydrogen) atoms. The summed E-state index contributed by atoms with van der Waals surface area (Å²) < 4.78 is 4.35. The van der Waals surface area contributed by atoms with Crippen molar-refractivity contribution in [2.75, 3.05) is 0 Å². The first-order valence-corrected chi connectivity index (χ1v) is 4.52. The number of rotatable bonds is 3. The van der Waals surface area contributed by atoms with Crippen LogP contribution in [0.2, 0.25) is 0 Å². The van der Waals surface area contributed by atoms with E-state index in [1.165, 1.54) is 0 Å². The van der Waals surface area contributed by atoms with Crippen molar-refractivity contribution in [2.45, 2.75) is 0 Å². The van der Waals surface area contributed by atoms with Gasteiger partial charge >= 0.3 is 20.2 Å². The molecule has 0 atom stereocenters. The fourth-order valence-corrected chi connectivity index (χ4v) is 2.13. The SMILES string of the molecule is O=C(O)[SiH](O[SiH3])C(=O)O. The minimum Gasteiger partial charge on any atom is -0.483 e. The summed E-state index contributed by atoms with van der Waals surface area (Å²) in [7, 11) is -2.80. The van der Waals surface area contributed by atoms with Crippen molar-refractivity contribution in [1.82, 2.24) is 0 Å². The standard InChI is InChI=1S/C2H6O5Si2/c3-1(4)9(7-8)2(5)6/h9H,8H3,(H,3,4)(H,5,6). The van der Waals surface area contributed by atoms with Crippen LogP contribution in [0.1, 0.15) is 0 Å². The lowest BCUT2D eigenvalue weighted by molar-refractivity contribution is 0.206. The van der Waals surface area contributed by atoms with Crippen LogP contribution in [-0.4, -0.2) is 40.9 Å². The molecule has 0 radical (unpaired) electrons. The van der Waals surface area contributed by atoms with Crippen molar-refractivity contribution in [2.24, 2.45) is 0 Å². The van der Waals surface area contributed by atoms with E-state index in [1.807, 2.05) is 0 Å². The highest BCUT2D eigenvalue weighted by molar-refractivity contribution is 7.05. The number of carboxylic acid groups (broad SMARTS) is 2. The van der Waals surface area contributed by atoms with Crippen molar-refractivity contribution < 1.29 is 23.9 Å². The highest BCUT2D eigenvalue weighted by Crippen LogP contribution is 1.85. The van der Waals surface area contributed by atoms with Gasteiger partial charge in [0.25, 0.3) is 0 Å². The van der Waals surface area contributed by atoms with Gasteiger partial charge in [-0.1, -0.05) is 0 Å². The molecule has 0 rings (SSSR count). The average Bonchev–Trinajstić information content (AvgIpc) is 1.64. The van der Waals surface area contributed by atoms with E-state index in [0.29, 0.717) is 0 Å². The Bertz CT molecular complexity index is 119. The molecule has 0 fully saturated rings. The summed E-state index contributed by atoms with van der Waals surface area (Å²) in [6, 6.07) is 0. The lowest BCUT2D eigenvalue weighted by Gasteiger charge is -1.99. The molecule has 0 aromatic carbocycles. The van der Waals surface area contributed by atoms with Crippen molar-refractivity contribution in [3.8, 4) is 0 Å². The van der Waals surface area contributed by atoms with Crippen LogP contribution < -0.4 is 0 Å². The zero-order valence-electron chi connectivity index (χ0n) is 4.70. The van der Waals surface area contributed by atoms with Gasteiger partial charge < -0.3 is 14.3 Å². The summed E-state index contributed by atoms with van der Waals surface area (Å²) in [5.74, 6) is 0. The molecular formula is C2H6O5Si2. The molecule has 7 heteroatoms. The normalized spacial score (nSPS) is 9.89. The number of hydrogen-bond acceptors (Lipinski definition) is 3. The molecule has 0 bridgehead atoms. The van der Waals surface area contributed by atoms with Crippen LogP contribution in [0.3, 0.4) is 0 Å². The Morgan fingerprint density at radius 3 is 1.67 bits per heavy atom. The van der Waals surface area contributed by atoms with E-state index in [1.54, 1.807) is 0 Å². The molecule has 0 aromatic heterocycles. The smallest absolute Gasteiger partial charge is 0.415 e. The van der Waals surface area contributed by atoms with Gasteiger partial charge in [0.1, 0.15) is 10.5 Å². The minimum atomic E-state index is -2.96. The van der Waals surface area contributed by atoms with Crippen LogP contribution >= 0.6 is 0 Å². The van der Waals surface area contributed by atoms with Gasteiger partial charge in [0, 0.05) is 0 Å². The van der Waals surface area contributed by atoms with Crippen LogP contribution in [-0.2, 0) is 4.12 Å². The van der Waals surface area contributed by atoms with Crippen LogP contribution in [0.25, 0.3) is 0 Å². The fraction of sp³-hybridized carbons (Fsp3) is 0. The molecule has 0 aliphatic carbocycles. The van der Waals surface area contributed by atoms with Crippen LogP contribution in [0.15, 0.2) is 0 Å². The van der Waals surface area contributed by atoms with E-state index in [-0.39, 0.29) is 10.5 Å². The summed E-state index contributed by atoms with van der Waals surface area (Å²) in [6.07, 6.45) is 0. The quantitative estimate of drug-likeness (QED) is 0.500. The van der Waals surface area contributed by atoms with Gasteiger partial charge in [-0.3, -0.25) is 9.59 Å². The summed E-state index contributed by atoms with van der Waals surface area (Å²) in [5.41, 5.74) is -2.64. The minimum absolute atomic E-state index is 0.168. The van der Waals surface area contributed by atoms with Crippen molar-refractivity contribution in [3.63, 3.8) is 0 Å². The molecule has 0 spiro atoms. The maximum absolute atomic E-state index is 9.95. The Morgan fingerprint density at radius 2 is 1.67 bits per heavy atom. The lowest BCUT2D eigenvalue weighted by atomic mass is 11.6. The van der Waals surface area contributed by atoms with E-state index < -0.39 is 20.2 Å². The third-order valence-corrected chi connectivity index (χ3v) is 3.47. The van der Waals surface area contributed by atoms with Gasteiger partial charge in [-0.05, 0) is 0 Å². The first kappa shape index (κ1) is 8.33. The maximum atomic E-state index is 9.95. The van der Waals surface area contributed by atoms with Crippen LogP contribution in [0, 0.1) is 0 Å². The Balaban J connectivity index is 3.99. The Kier molecular flexibility index (Phi) is 3.13. The highest BCUT2D eigenvalue weighted by Gasteiger charge is 2.28. The van der Waals surface area contributed by atoms with Gasteiger partial charge in [0.2, 0.25) is 0 Å². The molecule has 52 valence electrons.